The minimum atomic E-state index is -0.0756. The third-order valence-electron chi connectivity index (χ3n) is 4.58. The summed E-state index contributed by atoms with van der Waals surface area (Å²) in [6, 6.07) is 13.7. The molecule has 3 aromatic rings. The molecule has 1 unspecified atom stereocenters. The van der Waals surface area contributed by atoms with Crippen LogP contribution < -0.4 is 10.1 Å². The SMILES string of the molecule is CCOc1ccccc1-n1nnnc1SCC(=O)NC(C)c1ccc(C)c(C)c1. The van der Waals surface area contributed by atoms with Gasteiger partial charge < -0.3 is 10.1 Å². The molecule has 152 valence electrons. The number of amides is 1. The number of tetrazole rings is 1. The molecule has 0 bridgehead atoms. The van der Waals surface area contributed by atoms with Gasteiger partial charge >= 0.3 is 0 Å². The molecule has 1 atom stereocenters. The van der Waals surface area contributed by atoms with Crippen molar-refractivity contribution in [3.8, 4) is 11.4 Å². The van der Waals surface area contributed by atoms with Crippen molar-refractivity contribution in [2.75, 3.05) is 12.4 Å². The molecule has 1 amide bonds. The number of carbonyl (C=O) groups excluding carboxylic acids is 1. The summed E-state index contributed by atoms with van der Waals surface area (Å²) in [5.74, 6) is 0.831. The molecule has 0 saturated heterocycles. The van der Waals surface area contributed by atoms with E-state index in [2.05, 4.69) is 46.8 Å². The summed E-state index contributed by atoms with van der Waals surface area (Å²) in [6.07, 6.45) is 0. The third kappa shape index (κ3) is 5.14. The Bertz CT molecular complexity index is 989. The van der Waals surface area contributed by atoms with Crippen LogP contribution in [0.3, 0.4) is 0 Å². The van der Waals surface area contributed by atoms with E-state index >= 15 is 0 Å². The number of carbonyl (C=O) groups is 1. The van der Waals surface area contributed by atoms with E-state index in [0.717, 1.165) is 11.3 Å². The largest absolute Gasteiger partial charge is 0.492 e. The van der Waals surface area contributed by atoms with Gasteiger partial charge in [-0.1, -0.05) is 42.1 Å². The summed E-state index contributed by atoms with van der Waals surface area (Å²) in [6.45, 7) is 8.60. The van der Waals surface area contributed by atoms with Gasteiger partial charge in [0, 0.05) is 0 Å². The average molecular weight is 412 g/mol. The highest BCUT2D eigenvalue weighted by molar-refractivity contribution is 7.99. The number of nitrogens with one attached hydrogen (secondary N) is 1. The van der Waals surface area contributed by atoms with E-state index in [0.29, 0.717) is 17.5 Å². The topological polar surface area (TPSA) is 81.9 Å². The van der Waals surface area contributed by atoms with E-state index in [-0.39, 0.29) is 17.7 Å². The smallest absolute Gasteiger partial charge is 0.230 e. The van der Waals surface area contributed by atoms with Gasteiger partial charge in [0.15, 0.2) is 0 Å². The molecular formula is C21H25N5O2S. The Morgan fingerprint density at radius 2 is 2.00 bits per heavy atom. The quantitative estimate of drug-likeness (QED) is 0.570. The molecule has 1 heterocycles. The predicted molar refractivity (Wildman–Crippen MR) is 114 cm³/mol. The fourth-order valence-electron chi connectivity index (χ4n) is 2.86. The van der Waals surface area contributed by atoms with Gasteiger partial charge in [0.25, 0.3) is 0 Å². The van der Waals surface area contributed by atoms with Crippen LogP contribution in [-0.4, -0.2) is 38.5 Å². The van der Waals surface area contributed by atoms with Crippen molar-refractivity contribution in [3.05, 3.63) is 59.2 Å². The van der Waals surface area contributed by atoms with E-state index < -0.39 is 0 Å². The molecule has 0 aliphatic heterocycles. The normalized spacial score (nSPS) is 11.9. The first kappa shape index (κ1) is 20.9. The van der Waals surface area contributed by atoms with Gasteiger partial charge in [-0.2, -0.15) is 4.68 Å². The second-order valence-electron chi connectivity index (χ2n) is 6.70. The van der Waals surface area contributed by atoms with E-state index in [1.807, 2.05) is 44.2 Å². The summed E-state index contributed by atoms with van der Waals surface area (Å²) in [7, 11) is 0. The average Bonchev–Trinajstić information content (AvgIpc) is 3.17. The van der Waals surface area contributed by atoms with E-state index in [1.165, 1.54) is 22.9 Å². The van der Waals surface area contributed by atoms with Crippen LogP contribution in [0.2, 0.25) is 0 Å². The minimum absolute atomic E-state index is 0.0722. The van der Waals surface area contributed by atoms with Crippen molar-refractivity contribution in [1.29, 1.82) is 0 Å². The molecule has 0 aliphatic carbocycles. The van der Waals surface area contributed by atoms with E-state index in [9.17, 15) is 4.79 Å². The second-order valence-corrected chi connectivity index (χ2v) is 7.64. The fourth-order valence-corrected chi connectivity index (χ4v) is 3.56. The van der Waals surface area contributed by atoms with Crippen molar-refractivity contribution in [1.82, 2.24) is 25.5 Å². The van der Waals surface area contributed by atoms with Crippen LogP contribution in [0, 0.1) is 13.8 Å². The molecule has 1 aromatic heterocycles. The molecule has 8 heteroatoms. The Morgan fingerprint density at radius 3 is 2.76 bits per heavy atom. The Kier molecular flexibility index (Phi) is 6.87. The molecule has 0 fully saturated rings. The first-order chi connectivity index (χ1) is 14.0. The molecule has 0 saturated carbocycles. The lowest BCUT2D eigenvalue weighted by molar-refractivity contribution is -0.119. The zero-order valence-electron chi connectivity index (χ0n) is 17.0. The number of hydrogen-bond donors (Lipinski definition) is 1. The second kappa shape index (κ2) is 9.56. The van der Waals surface area contributed by atoms with Crippen LogP contribution in [0.5, 0.6) is 5.75 Å². The maximum Gasteiger partial charge on any atom is 0.230 e. The zero-order valence-corrected chi connectivity index (χ0v) is 17.9. The number of nitrogens with zero attached hydrogens (tertiary/aromatic N) is 4. The highest BCUT2D eigenvalue weighted by Gasteiger charge is 2.16. The van der Waals surface area contributed by atoms with Crippen molar-refractivity contribution in [2.24, 2.45) is 0 Å². The van der Waals surface area contributed by atoms with Gasteiger partial charge in [0.1, 0.15) is 11.4 Å². The van der Waals surface area contributed by atoms with Gasteiger partial charge in [0.05, 0.1) is 18.4 Å². The highest BCUT2D eigenvalue weighted by atomic mass is 32.2. The molecule has 3 rings (SSSR count). The summed E-state index contributed by atoms with van der Waals surface area (Å²) >= 11 is 1.29. The standard InChI is InChI=1S/C21H25N5O2S/c1-5-28-19-9-7-6-8-18(19)26-21(23-24-25-26)29-13-20(27)22-16(4)17-11-10-14(2)15(3)12-17/h6-12,16H,5,13H2,1-4H3,(H,22,27). The van der Waals surface area contributed by atoms with Crippen molar-refractivity contribution >= 4 is 17.7 Å². The lowest BCUT2D eigenvalue weighted by Gasteiger charge is -2.15. The lowest BCUT2D eigenvalue weighted by Crippen LogP contribution is -2.28. The maximum absolute atomic E-state index is 12.5. The molecule has 1 N–H and O–H groups in total. The predicted octanol–water partition coefficient (Wildman–Crippen LogP) is 3.65. The first-order valence-corrected chi connectivity index (χ1v) is 10.5. The Balaban J connectivity index is 1.64. The number of thioether (sulfide) groups is 1. The van der Waals surface area contributed by atoms with Crippen LogP contribution in [0.1, 0.15) is 36.6 Å². The molecule has 0 radical (unpaired) electrons. The van der Waals surface area contributed by atoms with Crippen LogP contribution in [-0.2, 0) is 4.79 Å². The Hall–Kier alpha value is -2.87. The van der Waals surface area contributed by atoms with Gasteiger partial charge in [-0.05, 0) is 66.9 Å². The van der Waals surface area contributed by atoms with Crippen LogP contribution >= 0.6 is 11.8 Å². The van der Waals surface area contributed by atoms with Gasteiger partial charge in [-0.3, -0.25) is 4.79 Å². The van der Waals surface area contributed by atoms with Gasteiger partial charge in [-0.25, -0.2) is 0 Å². The number of aryl methyl sites for hydroxylation is 2. The molecule has 7 nitrogen and oxygen atoms in total. The Morgan fingerprint density at radius 1 is 1.21 bits per heavy atom. The lowest BCUT2D eigenvalue weighted by atomic mass is 10.0. The van der Waals surface area contributed by atoms with E-state index in [4.69, 9.17) is 4.74 Å². The molecule has 29 heavy (non-hydrogen) atoms. The van der Waals surface area contributed by atoms with Crippen LogP contribution in [0.25, 0.3) is 5.69 Å². The summed E-state index contributed by atoms with van der Waals surface area (Å²) < 4.78 is 7.25. The van der Waals surface area contributed by atoms with Crippen LogP contribution in [0.15, 0.2) is 47.6 Å². The van der Waals surface area contributed by atoms with E-state index in [1.54, 1.807) is 4.68 Å². The molecule has 2 aromatic carbocycles. The summed E-state index contributed by atoms with van der Waals surface area (Å²) in [4.78, 5) is 12.5. The number of para-hydroxylation sites is 2. The number of benzene rings is 2. The maximum atomic E-state index is 12.5. The first-order valence-electron chi connectivity index (χ1n) is 9.49. The number of hydrogen-bond acceptors (Lipinski definition) is 6. The minimum Gasteiger partial charge on any atom is -0.492 e. The van der Waals surface area contributed by atoms with Crippen molar-refractivity contribution in [2.45, 2.75) is 38.9 Å². The van der Waals surface area contributed by atoms with Gasteiger partial charge in [0.2, 0.25) is 11.1 Å². The van der Waals surface area contributed by atoms with Crippen molar-refractivity contribution < 1.29 is 9.53 Å². The number of ether oxygens (including phenoxy) is 1. The molecule has 0 aliphatic rings. The zero-order chi connectivity index (χ0) is 20.8. The molecule has 0 spiro atoms. The third-order valence-corrected chi connectivity index (χ3v) is 5.49. The Labute approximate surface area is 174 Å². The monoisotopic (exact) mass is 411 g/mol. The highest BCUT2D eigenvalue weighted by Crippen LogP contribution is 2.26. The van der Waals surface area contributed by atoms with Crippen LogP contribution in [0.4, 0.5) is 0 Å². The number of rotatable bonds is 8. The number of aromatic nitrogens is 4. The summed E-state index contributed by atoms with van der Waals surface area (Å²) in [5.41, 5.74) is 4.28. The van der Waals surface area contributed by atoms with Gasteiger partial charge in [-0.15, -0.1) is 5.10 Å². The summed E-state index contributed by atoms with van der Waals surface area (Å²) in [5, 5.41) is 15.4. The fraction of sp³-hybridized carbons (Fsp3) is 0.333. The molecular weight excluding hydrogens is 386 g/mol. The van der Waals surface area contributed by atoms with Crippen molar-refractivity contribution in [3.63, 3.8) is 0 Å².